The average molecular weight is 452 g/mol. The van der Waals surface area contributed by atoms with E-state index in [1.807, 2.05) is 48.5 Å². The molecule has 0 aliphatic heterocycles. The maximum absolute atomic E-state index is 11.7. The van der Waals surface area contributed by atoms with Crippen molar-refractivity contribution in [1.29, 1.82) is 0 Å². The van der Waals surface area contributed by atoms with E-state index in [4.69, 9.17) is 15.3 Å². The van der Waals surface area contributed by atoms with E-state index in [-0.39, 0.29) is 17.9 Å². The van der Waals surface area contributed by atoms with Gasteiger partial charge >= 0.3 is 5.97 Å². The summed E-state index contributed by atoms with van der Waals surface area (Å²) in [7, 11) is 0. The standard InChI is InChI=1S/C19H21IN2O3/c1-19(2,3)14-6-10-16(11-7-14)24-12-17(23)25-22-18(21)13-4-8-15(20)9-5-13/h4-11H,12H2,1-3H3,(H2,21,22). The normalized spacial score (nSPS) is 11.9. The maximum Gasteiger partial charge on any atom is 0.372 e. The molecule has 0 amide bonds. The van der Waals surface area contributed by atoms with Gasteiger partial charge < -0.3 is 15.3 Å². The van der Waals surface area contributed by atoms with Gasteiger partial charge in [-0.2, -0.15) is 0 Å². The van der Waals surface area contributed by atoms with Crippen LogP contribution in [-0.4, -0.2) is 18.4 Å². The predicted molar refractivity (Wildman–Crippen MR) is 107 cm³/mol. The van der Waals surface area contributed by atoms with Gasteiger partial charge in [-0.3, -0.25) is 0 Å². The van der Waals surface area contributed by atoms with E-state index in [9.17, 15) is 4.79 Å². The number of nitrogens with two attached hydrogens (primary N) is 1. The number of ether oxygens (including phenoxy) is 1. The summed E-state index contributed by atoms with van der Waals surface area (Å²) in [6.07, 6.45) is 0. The zero-order valence-corrected chi connectivity index (χ0v) is 16.6. The Hall–Kier alpha value is -2.09. The Balaban J connectivity index is 1.86. The SMILES string of the molecule is CC(C)(C)c1ccc(OCC(=O)O/N=C(\N)c2ccc(I)cc2)cc1. The van der Waals surface area contributed by atoms with Crippen molar-refractivity contribution in [2.24, 2.45) is 10.9 Å². The summed E-state index contributed by atoms with van der Waals surface area (Å²) in [5, 5.41) is 3.65. The molecule has 0 radical (unpaired) electrons. The Morgan fingerprint density at radius 1 is 1.08 bits per heavy atom. The summed E-state index contributed by atoms with van der Waals surface area (Å²) in [5.74, 6) is 0.118. The fraction of sp³-hybridized carbons (Fsp3) is 0.263. The molecule has 0 bridgehead atoms. The van der Waals surface area contributed by atoms with E-state index in [0.717, 1.165) is 3.57 Å². The fourth-order valence-corrected chi connectivity index (χ4v) is 2.35. The number of carbonyl (C=O) groups excluding carboxylic acids is 1. The van der Waals surface area contributed by atoms with Crippen LogP contribution in [0.4, 0.5) is 0 Å². The van der Waals surface area contributed by atoms with Gasteiger partial charge in [0.2, 0.25) is 0 Å². The van der Waals surface area contributed by atoms with Gasteiger partial charge in [0, 0.05) is 9.13 Å². The molecule has 132 valence electrons. The number of carbonyl (C=O) groups is 1. The molecule has 6 heteroatoms. The number of benzene rings is 2. The fourth-order valence-electron chi connectivity index (χ4n) is 1.99. The molecule has 2 rings (SSSR count). The second-order valence-corrected chi connectivity index (χ2v) is 7.76. The largest absolute Gasteiger partial charge is 0.482 e. The molecular weight excluding hydrogens is 431 g/mol. The Morgan fingerprint density at radius 3 is 2.24 bits per heavy atom. The molecular formula is C19H21IN2O3. The van der Waals surface area contributed by atoms with Gasteiger partial charge in [0.1, 0.15) is 5.75 Å². The van der Waals surface area contributed by atoms with Crippen LogP contribution >= 0.6 is 22.6 Å². The van der Waals surface area contributed by atoms with Crippen LogP contribution in [0.3, 0.4) is 0 Å². The van der Waals surface area contributed by atoms with E-state index in [2.05, 4.69) is 48.5 Å². The summed E-state index contributed by atoms with van der Waals surface area (Å²) < 4.78 is 6.48. The second kappa shape index (κ2) is 8.33. The zero-order chi connectivity index (χ0) is 18.4. The second-order valence-electron chi connectivity index (χ2n) is 6.51. The van der Waals surface area contributed by atoms with Crippen LogP contribution in [0.15, 0.2) is 53.7 Å². The highest BCUT2D eigenvalue weighted by Crippen LogP contribution is 2.24. The number of rotatable bonds is 5. The number of oxime groups is 1. The van der Waals surface area contributed by atoms with E-state index in [1.54, 1.807) is 0 Å². The lowest BCUT2D eigenvalue weighted by Gasteiger charge is -2.19. The number of nitrogens with zero attached hydrogens (tertiary/aromatic N) is 1. The van der Waals surface area contributed by atoms with Crippen molar-refractivity contribution >= 4 is 34.4 Å². The minimum atomic E-state index is -0.617. The molecule has 0 spiro atoms. The lowest BCUT2D eigenvalue weighted by Crippen LogP contribution is -2.18. The van der Waals surface area contributed by atoms with Crippen LogP contribution in [-0.2, 0) is 15.0 Å². The summed E-state index contributed by atoms with van der Waals surface area (Å²) in [5.41, 5.74) is 7.74. The summed E-state index contributed by atoms with van der Waals surface area (Å²) >= 11 is 2.19. The molecule has 2 aromatic rings. The molecule has 0 saturated carbocycles. The highest BCUT2D eigenvalue weighted by Gasteiger charge is 2.13. The first-order chi connectivity index (χ1) is 11.8. The molecule has 0 heterocycles. The van der Waals surface area contributed by atoms with Gasteiger partial charge in [-0.1, -0.05) is 50.2 Å². The lowest BCUT2D eigenvalue weighted by molar-refractivity contribution is -0.146. The van der Waals surface area contributed by atoms with Crippen molar-refractivity contribution in [3.63, 3.8) is 0 Å². The Morgan fingerprint density at radius 2 is 1.68 bits per heavy atom. The third-order valence-electron chi connectivity index (χ3n) is 3.46. The van der Waals surface area contributed by atoms with Crippen LogP contribution in [0.5, 0.6) is 5.75 Å². The van der Waals surface area contributed by atoms with Gasteiger partial charge in [0.05, 0.1) is 0 Å². The molecule has 0 aromatic heterocycles. The van der Waals surface area contributed by atoms with Gasteiger partial charge in [-0.25, -0.2) is 4.79 Å². The molecule has 0 fully saturated rings. The molecule has 0 unspecified atom stereocenters. The molecule has 0 saturated heterocycles. The molecule has 5 nitrogen and oxygen atoms in total. The molecule has 0 atom stereocenters. The minimum absolute atomic E-state index is 0.0687. The van der Waals surface area contributed by atoms with E-state index >= 15 is 0 Å². The highest BCUT2D eigenvalue weighted by atomic mass is 127. The molecule has 25 heavy (non-hydrogen) atoms. The minimum Gasteiger partial charge on any atom is -0.482 e. The van der Waals surface area contributed by atoms with Crippen LogP contribution in [0.25, 0.3) is 0 Å². The summed E-state index contributed by atoms with van der Waals surface area (Å²) in [6.45, 7) is 6.17. The number of halogens is 1. The van der Waals surface area contributed by atoms with Crippen molar-refractivity contribution in [2.75, 3.05) is 6.61 Å². The first-order valence-corrected chi connectivity index (χ1v) is 8.86. The lowest BCUT2D eigenvalue weighted by atomic mass is 9.87. The predicted octanol–water partition coefficient (Wildman–Crippen LogP) is 3.83. The van der Waals surface area contributed by atoms with E-state index in [0.29, 0.717) is 11.3 Å². The van der Waals surface area contributed by atoms with Crippen LogP contribution in [0, 0.1) is 3.57 Å². The first-order valence-electron chi connectivity index (χ1n) is 7.78. The van der Waals surface area contributed by atoms with E-state index < -0.39 is 5.97 Å². The Labute approximate surface area is 161 Å². The van der Waals surface area contributed by atoms with E-state index in [1.165, 1.54) is 5.56 Å². The Bertz CT molecular complexity index is 748. The van der Waals surface area contributed by atoms with Crippen LogP contribution in [0.2, 0.25) is 0 Å². The smallest absolute Gasteiger partial charge is 0.372 e. The number of hydrogen-bond donors (Lipinski definition) is 1. The Kier molecular flexibility index (Phi) is 6.41. The van der Waals surface area contributed by atoms with Crippen LogP contribution < -0.4 is 10.5 Å². The molecule has 2 aromatic carbocycles. The average Bonchev–Trinajstić information content (AvgIpc) is 2.58. The van der Waals surface area contributed by atoms with Gasteiger partial charge in [-0.15, -0.1) is 0 Å². The first kappa shape index (κ1) is 19.2. The van der Waals surface area contributed by atoms with Crippen molar-refractivity contribution < 1.29 is 14.4 Å². The van der Waals surface area contributed by atoms with Crippen LogP contribution in [0.1, 0.15) is 31.9 Å². The van der Waals surface area contributed by atoms with Gasteiger partial charge in [0.25, 0.3) is 0 Å². The van der Waals surface area contributed by atoms with Crippen molar-refractivity contribution in [3.8, 4) is 5.75 Å². The quantitative estimate of drug-likeness (QED) is 0.246. The van der Waals surface area contributed by atoms with Crippen molar-refractivity contribution in [3.05, 3.63) is 63.2 Å². The highest BCUT2D eigenvalue weighted by molar-refractivity contribution is 14.1. The van der Waals surface area contributed by atoms with Gasteiger partial charge in [-0.05, 0) is 57.8 Å². The van der Waals surface area contributed by atoms with Crippen molar-refractivity contribution in [1.82, 2.24) is 0 Å². The molecule has 0 aliphatic rings. The number of amidine groups is 1. The third-order valence-corrected chi connectivity index (χ3v) is 4.18. The molecule has 0 aliphatic carbocycles. The maximum atomic E-state index is 11.7. The topological polar surface area (TPSA) is 73.9 Å². The number of hydrogen-bond acceptors (Lipinski definition) is 4. The molecule has 2 N–H and O–H groups in total. The van der Waals surface area contributed by atoms with Gasteiger partial charge in [0.15, 0.2) is 12.4 Å². The third kappa shape index (κ3) is 6.04. The zero-order valence-electron chi connectivity index (χ0n) is 14.5. The summed E-state index contributed by atoms with van der Waals surface area (Å²) in [4.78, 5) is 16.5. The summed E-state index contributed by atoms with van der Waals surface area (Å²) in [6, 6.07) is 15.0. The monoisotopic (exact) mass is 452 g/mol. The van der Waals surface area contributed by atoms with Crippen molar-refractivity contribution in [2.45, 2.75) is 26.2 Å².